The highest BCUT2D eigenvalue weighted by molar-refractivity contribution is 9.09. The second-order valence-corrected chi connectivity index (χ2v) is 9.35. The van der Waals surface area contributed by atoms with Crippen molar-refractivity contribution in [2.75, 3.05) is 11.9 Å². The van der Waals surface area contributed by atoms with Crippen LogP contribution in [0.5, 0.6) is 0 Å². The van der Waals surface area contributed by atoms with Crippen molar-refractivity contribution < 1.29 is 14.7 Å². The number of rotatable bonds is 12. The fraction of sp³-hybridized carbons (Fsp3) is 0.950. The first-order valence-electron chi connectivity index (χ1n) is 9.93. The molecule has 1 fully saturated rings. The van der Waals surface area contributed by atoms with Crippen molar-refractivity contribution in [2.45, 2.75) is 103 Å². The van der Waals surface area contributed by atoms with E-state index in [1.165, 1.54) is 44.9 Å². The summed E-state index contributed by atoms with van der Waals surface area (Å²) >= 11 is 3.46. The Labute approximate surface area is 162 Å². The molecule has 0 amide bonds. The van der Waals surface area contributed by atoms with Crippen molar-refractivity contribution in [1.29, 1.82) is 0 Å². The van der Waals surface area contributed by atoms with Crippen LogP contribution >= 0.6 is 15.9 Å². The highest BCUT2D eigenvalue weighted by Gasteiger charge is 2.55. The maximum atomic E-state index is 12.4. The van der Waals surface area contributed by atoms with Gasteiger partial charge in [0, 0.05) is 10.9 Å². The number of hydrogen-bond acceptors (Lipinski definition) is 3. The van der Waals surface area contributed by atoms with Crippen LogP contribution in [0.1, 0.15) is 91.9 Å². The summed E-state index contributed by atoms with van der Waals surface area (Å²) in [6.07, 6.45) is 11.7. The van der Waals surface area contributed by atoms with Gasteiger partial charge in [-0.25, -0.2) is 0 Å². The van der Waals surface area contributed by atoms with Gasteiger partial charge in [-0.15, -0.1) is 10.3 Å². The third-order valence-corrected chi connectivity index (χ3v) is 6.00. The summed E-state index contributed by atoms with van der Waals surface area (Å²) in [6, 6.07) is 0. The lowest BCUT2D eigenvalue weighted by molar-refractivity contribution is -0.248. The van der Waals surface area contributed by atoms with E-state index in [1.54, 1.807) is 0 Å². The third-order valence-electron chi connectivity index (χ3n) is 5.44. The van der Waals surface area contributed by atoms with E-state index in [0.29, 0.717) is 13.0 Å². The molecule has 5 heteroatoms. The maximum Gasteiger partial charge on any atom is 0.310 e. The Hall–Kier alpha value is -0.130. The Morgan fingerprint density at radius 2 is 1.44 bits per heavy atom. The number of carbonyl (C=O) groups excluding carboxylic acids is 1. The summed E-state index contributed by atoms with van der Waals surface area (Å²) in [5, 5.41) is 14.5. The van der Waals surface area contributed by atoms with E-state index in [1.807, 2.05) is 27.7 Å². The molecule has 25 heavy (non-hydrogen) atoms. The minimum Gasteiger partial charge on any atom is -0.465 e. The van der Waals surface area contributed by atoms with Crippen LogP contribution < -0.4 is 0 Å². The lowest BCUT2D eigenvalue weighted by Gasteiger charge is -2.32. The van der Waals surface area contributed by atoms with Crippen LogP contribution in [-0.2, 0) is 14.7 Å². The largest absolute Gasteiger partial charge is 0.465 e. The summed E-state index contributed by atoms with van der Waals surface area (Å²) < 4.78 is 5.47. The smallest absolute Gasteiger partial charge is 0.310 e. The number of hydrogen-bond donors (Lipinski definition) is 0. The lowest BCUT2D eigenvalue weighted by Crippen LogP contribution is -2.47. The molecule has 0 spiro atoms. The average Bonchev–Trinajstić information content (AvgIpc) is 2.72. The fourth-order valence-electron chi connectivity index (χ4n) is 3.83. The molecule has 4 nitrogen and oxygen atoms in total. The molecular formula is C20H37BrNO3. The van der Waals surface area contributed by atoms with Gasteiger partial charge in [0.15, 0.2) is 0 Å². The zero-order valence-electron chi connectivity index (χ0n) is 16.6. The van der Waals surface area contributed by atoms with Crippen LogP contribution in [0.25, 0.3) is 0 Å². The van der Waals surface area contributed by atoms with Crippen molar-refractivity contribution in [3.8, 4) is 0 Å². The van der Waals surface area contributed by atoms with E-state index in [0.717, 1.165) is 23.2 Å². The fourth-order valence-corrected chi connectivity index (χ4v) is 4.23. The van der Waals surface area contributed by atoms with Crippen LogP contribution in [0.4, 0.5) is 0 Å². The average molecular weight is 419 g/mol. The van der Waals surface area contributed by atoms with Crippen LogP contribution in [0.2, 0.25) is 0 Å². The van der Waals surface area contributed by atoms with E-state index in [4.69, 9.17) is 4.74 Å². The van der Waals surface area contributed by atoms with Crippen LogP contribution in [0.15, 0.2) is 0 Å². The van der Waals surface area contributed by atoms with Crippen LogP contribution in [0, 0.1) is 5.92 Å². The Bertz CT molecular complexity index is 398. The Morgan fingerprint density at radius 1 is 0.960 bits per heavy atom. The van der Waals surface area contributed by atoms with E-state index >= 15 is 0 Å². The van der Waals surface area contributed by atoms with Crippen molar-refractivity contribution in [1.82, 2.24) is 5.06 Å². The standard InChI is InChI=1S/C20H37BrNO3/c1-19(2)16-17(20(3,4)22(19)24)18(23)25-15-13-11-9-7-5-6-8-10-12-14-21/h17H,5-16H2,1-4H3. The first kappa shape index (κ1) is 22.9. The van der Waals surface area contributed by atoms with E-state index < -0.39 is 11.1 Å². The zero-order valence-corrected chi connectivity index (χ0v) is 18.2. The first-order chi connectivity index (χ1) is 11.7. The monoisotopic (exact) mass is 418 g/mol. The van der Waals surface area contributed by atoms with Gasteiger partial charge in [0.2, 0.25) is 0 Å². The highest BCUT2D eigenvalue weighted by Crippen LogP contribution is 2.44. The molecule has 0 saturated carbocycles. The molecular weight excluding hydrogens is 382 g/mol. The maximum absolute atomic E-state index is 12.4. The highest BCUT2D eigenvalue weighted by atomic mass is 79.9. The van der Waals surface area contributed by atoms with E-state index in [-0.39, 0.29) is 11.9 Å². The summed E-state index contributed by atoms with van der Waals surface area (Å²) in [6.45, 7) is 7.97. The van der Waals surface area contributed by atoms with Crippen molar-refractivity contribution in [3.05, 3.63) is 0 Å². The van der Waals surface area contributed by atoms with Gasteiger partial charge in [0.25, 0.3) is 0 Å². The zero-order chi connectivity index (χ0) is 18.9. The number of hydroxylamine groups is 2. The topological polar surface area (TPSA) is 49.4 Å². The Kier molecular flexibility index (Phi) is 9.97. The second-order valence-electron chi connectivity index (χ2n) is 8.56. The van der Waals surface area contributed by atoms with Gasteiger partial charge in [0.1, 0.15) is 0 Å². The van der Waals surface area contributed by atoms with Gasteiger partial charge >= 0.3 is 5.97 Å². The number of alkyl halides is 1. The molecule has 1 rings (SSSR count). The molecule has 0 aromatic carbocycles. The van der Waals surface area contributed by atoms with Gasteiger partial charge in [0.05, 0.1) is 18.1 Å². The number of carbonyl (C=O) groups is 1. The summed E-state index contributed by atoms with van der Waals surface area (Å²) in [5.41, 5.74) is -1.18. The van der Waals surface area contributed by atoms with E-state index in [2.05, 4.69) is 15.9 Å². The predicted octanol–water partition coefficient (Wildman–Crippen LogP) is 5.66. The molecule has 0 aliphatic carbocycles. The van der Waals surface area contributed by atoms with Crippen molar-refractivity contribution in [2.24, 2.45) is 5.92 Å². The quantitative estimate of drug-likeness (QED) is 0.233. The van der Waals surface area contributed by atoms with Crippen molar-refractivity contribution in [3.63, 3.8) is 0 Å². The first-order valence-corrected chi connectivity index (χ1v) is 11.1. The van der Waals surface area contributed by atoms with Crippen LogP contribution in [0.3, 0.4) is 0 Å². The van der Waals surface area contributed by atoms with E-state index in [9.17, 15) is 10.0 Å². The Balaban J connectivity index is 2.10. The third kappa shape index (κ3) is 7.18. The lowest BCUT2D eigenvalue weighted by atomic mass is 9.87. The number of unbranched alkanes of at least 4 members (excludes halogenated alkanes) is 8. The van der Waals surface area contributed by atoms with Crippen molar-refractivity contribution >= 4 is 21.9 Å². The molecule has 1 aliphatic rings. The molecule has 1 radical (unpaired) electrons. The van der Waals surface area contributed by atoms with Gasteiger partial charge in [-0.3, -0.25) is 4.79 Å². The SMILES string of the molecule is CC1(C)CC(C(=O)OCCCCCCCCCCCBr)C(C)(C)N1[O]. The second kappa shape index (κ2) is 10.9. The number of nitrogens with zero attached hydrogens (tertiary/aromatic N) is 1. The number of ether oxygens (including phenoxy) is 1. The molecule has 1 heterocycles. The number of esters is 1. The summed E-state index contributed by atoms with van der Waals surface area (Å²) in [7, 11) is 0. The minimum atomic E-state index is -0.685. The van der Waals surface area contributed by atoms with Gasteiger partial charge < -0.3 is 4.74 Å². The Morgan fingerprint density at radius 3 is 1.88 bits per heavy atom. The number of halogens is 1. The molecule has 1 saturated heterocycles. The summed E-state index contributed by atoms with van der Waals surface area (Å²) in [5.74, 6) is -0.539. The summed E-state index contributed by atoms with van der Waals surface area (Å²) in [4.78, 5) is 12.4. The molecule has 1 atom stereocenters. The normalized spacial score (nSPS) is 22.2. The van der Waals surface area contributed by atoms with Crippen LogP contribution in [-0.4, -0.2) is 34.0 Å². The molecule has 0 bridgehead atoms. The van der Waals surface area contributed by atoms with Gasteiger partial charge in [-0.1, -0.05) is 60.9 Å². The van der Waals surface area contributed by atoms with Gasteiger partial charge in [-0.05, 0) is 47.0 Å². The molecule has 0 aromatic heterocycles. The molecule has 1 unspecified atom stereocenters. The van der Waals surface area contributed by atoms with Gasteiger partial charge in [-0.2, -0.15) is 0 Å². The molecule has 1 aliphatic heterocycles. The molecule has 0 aromatic rings. The molecule has 0 N–H and O–H groups in total. The minimum absolute atomic E-state index is 0.205. The molecule has 147 valence electrons. The predicted molar refractivity (Wildman–Crippen MR) is 105 cm³/mol.